The van der Waals surface area contributed by atoms with Gasteiger partial charge in [-0.1, -0.05) is 23.5 Å². The first-order valence-electron chi connectivity index (χ1n) is 8.14. The van der Waals surface area contributed by atoms with E-state index in [1.165, 1.54) is 0 Å². The largest absolute Gasteiger partial charge is 0.497 e. The molecule has 0 aliphatic heterocycles. The maximum atomic E-state index is 12.2. The van der Waals surface area contributed by atoms with Crippen LogP contribution >= 0.6 is 11.3 Å². The number of carbonyl (C=O) groups excluding carboxylic acids is 1. The number of carbonyl (C=O) groups is 1. The molecule has 2 rings (SSSR count). The van der Waals surface area contributed by atoms with Crippen LogP contribution in [-0.4, -0.2) is 43.1 Å². The van der Waals surface area contributed by atoms with E-state index in [1.807, 2.05) is 50.7 Å². The van der Waals surface area contributed by atoms with E-state index in [2.05, 4.69) is 10.2 Å². The number of benzene rings is 1. The number of methoxy groups -OCH3 is 1. The van der Waals surface area contributed by atoms with Gasteiger partial charge in [-0.15, -0.1) is 0 Å². The number of nitrogens with zero attached hydrogens (tertiary/aromatic N) is 2. The molecule has 0 aliphatic carbocycles. The van der Waals surface area contributed by atoms with E-state index in [0.717, 1.165) is 28.3 Å². The molecule has 1 N–H and O–H groups in total. The molecular weight excluding hydrogens is 338 g/mol. The first-order valence-corrected chi connectivity index (χ1v) is 9.02. The monoisotopic (exact) mass is 363 g/mol. The molecule has 1 heterocycles. The van der Waals surface area contributed by atoms with Crippen LogP contribution < -0.4 is 14.9 Å². The van der Waals surface area contributed by atoms with Crippen LogP contribution in [0.5, 0.6) is 5.75 Å². The summed E-state index contributed by atoms with van der Waals surface area (Å²) in [7, 11) is 5.60. The van der Waals surface area contributed by atoms with E-state index in [1.54, 1.807) is 11.7 Å². The van der Waals surface area contributed by atoms with Crippen molar-refractivity contribution in [1.82, 2.24) is 14.8 Å². The Hall–Kier alpha value is -2.12. The van der Waals surface area contributed by atoms with Crippen LogP contribution in [0, 0.1) is 6.92 Å². The van der Waals surface area contributed by atoms with Gasteiger partial charge in [-0.25, -0.2) is 0 Å². The number of amides is 1. The summed E-state index contributed by atoms with van der Waals surface area (Å²) in [5.74, 6) is 0.750. The topological polar surface area (TPSA) is 63.6 Å². The van der Waals surface area contributed by atoms with E-state index >= 15 is 0 Å². The molecule has 1 unspecified atom stereocenters. The number of ether oxygens (including phenoxy) is 1. The highest BCUT2D eigenvalue weighted by molar-refractivity contribution is 7.07. The molecule has 0 bridgehead atoms. The van der Waals surface area contributed by atoms with Gasteiger partial charge in [0.2, 0.25) is 5.91 Å². The lowest BCUT2D eigenvalue weighted by atomic mass is 10.1. The first-order chi connectivity index (χ1) is 11.9. The van der Waals surface area contributed by atoms with Crippen LogP contribution in [0.2, 0.25) is 0 Å². The highest BCUT2D eigenvalue weighted by atomic mass is 32.1. The minimum Gasteiger partial charge on any atom is -0.497 e. The van der Waals surface area contributed by atoms with Crippen molar-refractivity contribution in [2.45, 2.75) is 25.9 Å². The molecule has 0 radical (unpaired) electrons. The molecule has 7 heteroatoms. The molecule has 1 aromatic carbocycles. The second-order valence-electron chi connectivity index (χ2n) is 6.10. The van der Waals surface area contributed by atoms with Crippen LogP contribution in [-0.2, 0) is 11.3 Å². The quantitative estimate of drug-likeness (QED) is 0.780. The number of hydrogen-bond donors (Lipinski definition) is 1. The third kappa shape index (κ3) is 5.17. The van der Waals surface area contributed by atoms with Gasteiger partial charge in [0.05, 0.1) is 13.2 Å². The minimum absolute atomic E-state index is 0.0188. The average Bonchev–Trinajstić information content (AvgIpc) is 2.91. The molecule has 0 aliphatic rings. The van der Waals surface area contributed by atoms with Gasteiger partial charge in [0, 0.05) is 30.6 Å². The molecule has 136 valence electrons. The highest BCUT2D eigenvalue weighted by Crippen LogP contribution is 2.20. The number of aromatic nitrogens is 1. The van der Waals surface area contributed by atoms with Gasteiger partial charge in [-0.05, 0) is 38.7 Å². The number of likely N-dealkylation sites (N-methyl/N-ethyl adjacent to an activating group) is 1. The third-order valence-corrected chi connectivity index (χ3v) is 5.04. The maximum absolute atomic E-state index is 12.2. The van der Waals surface area contributed by atoms with Crippen molar-refractivity contribution in [1.29, 1.82) is 0 Å². The van der Waals surface area contributed by atoms with E-state index in [9.17, 15) is 9.59 Å². The van der Waals surface area contributed by atoms with Crippen LogP contribution in [0.3, 0.4) is 0 Å². The number of nitrogens with one attached hydrogen (secondary N) is 1. The predicted octanol–water partition coefficient (Wildman–Crippen LogP) is 2.04. The molecule has 1 aromatic heterocycles. The zero-order valence-corrected chi connectivity index (χ0v) is 15.9. The van der Waals surface area contributed by atoms with Crippen molar-refractivity contribution >= 4 is 17.2 Å². The highest BCUT2D eigenvalue weighted by Gasteiger charge is 2.15. The van der Waals surface area contributed by atoms with Crippen LogP contribution in [0.1, 0.15) is 23.7 Å². The fourth-order valence-corrected chi connectivity index (χ4v) is 3.37. The number of hydrogen-bond acceptors (Lipinski definition) is 5. The second-order valence-corrected chi connectivity index (χ2v) is 6.92. The average molecular weight is 363 g/mol. The number of thiazole rings is 1. The number of aryl methyl sites for hydroxylation is 1. The minimum atomic E-state index is -0.0575. The fraction of sp³-hybridized carbons (Fsp3) is 0.444. The van der Waals surface area contributed by atoms with E-state index in [4.69, 9.17) is 4.74 Å². The molecule has 2 aromatic rings. The molecule has 0 saturated heterocycles. The lowest BCUT2D eigenvalue weighted by Gasteiger charge is -2.25. The van der Waals surface area contributed by atoms with Crippen molar-refractivity contribution in [3.05, 3.63) is 50.6 Å². The van der Waals surface area contributed by atoms with Gasteiger partial charge < -0.3 is 19.5 Å². The summed E-state index contributed by atoms with van der Waals surface area (Å²) in [5, 5.41) is 4.78. The Morgan fingerprint density at radius 1 is 1.32 bits per heavy atom. The summed E-state index contributed by atoms with van der Waals surface area (Å²) in [6.45, 7) is 2.80. The third-order valence-electron chi connectivity index (χ3n) is 4.16. The Morgan fingerprint density at radius 2 is 2.00 bits per heavy atom. The Bertz CT molecular complexity index is 750. The van der Waals surface area contributed by atoms with Gasteiger partial charge in [-0.3, -0.25) is 9.59 Å². The van der Waals surface area contributed by atoms with Gasteiger partial charge in [-0.2, -0.15) is 0 Å². The fourth-order valence-electron chi connectivity index (χ4n) is 2.61. The summed E-state index contributed by atoms with van der Waals surface area (Å²) >= 11 is 1.16. The Kier molecular flexibility index (Phi) is 6.78. The Balaban J connectivity index is 1.91. The first kappa shape index (κ1) is 19.2. The van der Waals surface area contributed by atoms with E-state index in [-0.39, 0.29) is 16.8 Å². The second kappa shape index (κ2) is 8.82. The Labute approximate surface area is 152 Å². The SMILES string of the molecule is COc1ccc(C(CNC(=O)CCn2c(C)csc2=O)N(C)C)cc1. The molecule has 25 heavy (non-hydrogen) atoms. The molecule has 1 atom stereocenters. The Morgan fingerprint density at radius 3 is 2.52 bits per heavy atom. The smallest absolute Gasteiger partial charge is 0.307 e. The van der Waals surface area contributed by atoms with Crippen molar-refractivity contribution in [2.24, 2.45) is 0 Å². The van der Waals surface area contributed by atoms with E-state index in [0.29, 0.717) is 19.5 Å². The zero-order chi connectivity index (χ0) is 18.4. The van der Waals surface area contributed by atoms with Gasteiger partial charge in [0.1, 0.15) is 5.75 Å². The standard InChI is InChI=1S/C18H25N3O3S/c1-13-12-25-18(23)21(13)10-9-17(22)19-11-16(20(2)3)14-5-7-15(24-4)8-6-14/h5-8,12,16H,9-11H2,1-4H3,(H,19,22). The molecule has 1 amide bonds. The van der Waals surface area contributed by atoms with Crippen molar-refractivity contribution < 1.29 is 9.53 Å². The zero-order valence-electron chi connectivity index (χ0n) is 15.1. The van der Waals surface area contributed by atoms with Crippen LogP contribution in [0.15, 0.2) is 34.4 Å². The normalized spacial score (nSPS) is 12.2. The van der Waals surface area contributed by atoms with E-state index < -0.39 is 0 Å². The summed E-state index contributed by atoms with van der Waals surface area (Å²) in [6.07, 6.45) is 0.292. The summed E-state index contributed by atoms with van der Waals surface area (Å²) < 4.78 is 6.82. The molecule has 6 nitrogen and oxygen atoms in total. The molecule has 0 spiro atoms. The molecule has 0 saturated carbocycles. The molecule has 0 fully saturated rings. The van der Waals surface area contributed by atoms with Gasteiger partial charge in [0.25, 0.3) is 0 Å². The lowest BCUT2D eigenvalue weighted by Crippen LogP contribution is -2.35. The van der Waals surface area contributed by atoms with Crippen LogP contribution in [0.25, 0.3) is 0 Å². The maximum Gasteiger partial charge on any atom is 0.307 e. The number of rotatable bonds is 8. The van der Waals surface area contributed by atoms with Crippen molar-refractivity contribution in [3.8, 4) is 5.75 Å². The summed E-state index contributed by atoms with van der Waals surface area (Å²) in [5.41, 5.74) is 2.00. The van der Waals surface area contributed by atoms with Crippen molar-refractivity contribution in [2.75, 3.05) is 27.7 Å². The van der Waals surface area contributed by atoms with Crippen LogP contribution in [0.4, 0.5) is 0 Å². The van der Waals surface area contributed by atoms with Gasteiger partial charge >= 0.3 is 4.87 Å². The lowest BCUT2D eigenvalue weighted by molar-refractivity contribution is -0.121. The summed E-state index contributed by atoms with van der Waals surface area (Å²) in [6, 6.07) is 7.91. The van der Waals surface area contributed by atoms with Gasteiger partial charge in [0.15, 0.2) is 0 Å². The summed E-state index contributed by atoms with van der Waals surface area (Å²) in [4.78, 5) is 25.9. The predicted molar refractivity (Wildman–Crippen MR) is 100 cm³/mol. The molecular formula is C18H25N3O3S. The van der Waals surface area contributed by atoms with Crippen molar-refractivity contribution in [3.63, 3.8) is 0 Å².